The summed E-state index contributed by atoms with van der Waals surface area (Å²) in [4.78, 5) is 4.31. The number of hydrogen-bond acceptors (Lipinski definition) is 3. The minimum Gasteiger partial charge on any atom is -0.480 e. The fourth-order valence-electron chi connectivity index (χ4n) is 1.03. The summed E-state index contributed by atoms with van der Waals surface area (Å²) in [5.41, 5.74) is 7.25. The molecule has 0 radical (unpaired) electrons. The highest BCUT2D eigenvalue weighted by atomic mass is 16.5. The fourth-order valence-corrected chi connectivity index (χ4v) is 1.03. The molecular formula is C10H16N2O. The molecule has 13 heavy (non-hydrogen) atoms. The first-order chi connectivity index (χ1) is 5.95. The third-order valence-electron chi connectivity index (χ3n) is 1.85. The largest absolute Gasteiger partial charge is 0.480 e. The number of aromatic nitrogens is 1. The van der Waals surface area contributed by atoms with Gasteiger partial charge in [-0.2, -0.15) is 0 Å². The highest BCUT2D eigenvalue weighted by Crippen LogP contribution is 2.25. The molecule has 0 aromatic carbocycles. The molecule has 0 atom stereocenters. The Kier molecular flexibility index (Phi) is 2.45. The van der Waals surface area contributed by atoms with Crippen molar-refractivity contribution in [3.05, 3.63) is 17.8 Å². The van der Waals surface area contributed by atoms with Crippen LogP contribution in [0.25, 0.3) is 0 Å². The van der Waals surface area contributed by atoms with E-state index < -0.39 is 0 Å². The Morgan fingerprint density at radius 3 is 2.38 bits per heavy atom. The van der Waals surface area contributed by atoms with Gasteiger partial charge in [-0.1, -0.05) is 20.8 Å². The van der Waals surface area contributed by atoms with E-state index in [1.807, 2.05) is 12.1 Å². The Bertz CT molecular complexity index is 302. The van der Waals surface area contributed by atoms with Crippen LogP contribution in [0, 0.1) is 0 Å². The number of nitrogens with zero attached hydrogens (tertiary/aromatic N) is 1. The third kappa shape index (κ3) is 2.11. The molecule has 0 fully saturated rings. The maximum Gasteiger partial charge on any atom is 0.237 e. The van der Waals surface area contributed by atoms with Crippen LogP contribution in [0.4, 0.5) is 5.69 Å². The Balaban J connectivity index is 3.14. The molecule has 0 saturated heterocycles. The van der Waals surface area contributed by atoms with Crippen molar-refractivity contribution in [1.82, 2.24) is 4.98 Å². The quantitative estimate of drug-likeness (QED) is 0.718. The van der Waals surface area contributed by atoms with E-state index in [9.17, 15) is 0 Å². The molecule has 0 unspecified atom stereocenters. The van der Waals surface area contributed by atoms with Crippen molar-refractivity contribution in [2.75, 3.05) is 12.8 Å². The van der Waals surface area contributed by atoms with Gasteiger partial charge in [-0.3, -0.25) is 0 Å². The number of anilines is 1. The second-order valence-corrected chi connectivity index (χ2v) is 4.04. The first-order valence-corrected chi connectivity index (χ1v) is 4.26. The van der Waals surface area contributed by atoms with Gasteiger partial charge in [0, 0.05) is 11.1 Å². The van der Waals surface area contributed by atoms with Gasteiger partial charge < -0.3 is 10.5 Å². The SMILES string of the molecule is COc1nc(C(C)(C)C)ccc1N. The number of ether oxygens (including phenoxy) is 1. The lowest BCUT2D eigenvalue weighted by molar-refractivity contribution is 0.394. The number of hydrogen-bond donors (Lipinski definition) is 1. The Morgan fingerprint density at radius 2 is 1.92 bits per heavy atom. The van der Waals surface area contributed by atoms with Crippen molar-refractivity contribution in [2.45, 2.75) is 26.2 Å². The zero-order valence-electron chi connectivity index (χ0n) is 8.59. The third-order valence-corrected chi connectivity index (χ3v) is 1.85. The standard InChI is InChI=1S/C10H16N2O/c1-10(2,3)8-6-5-7(11)9(12-8)13-4/h5-6H,11H2,1-4H3. The van der Waals surface area contributed by atoms with Crippen LogP contribution in [-0.2, 0) is 5.41 Å². The van der Waals surface area contributed by atoms with Gasteiger partial charge in [-0.05, 0) is 12.1 Å². The Labute approximate surface area is 78.9 Å². The van der Waals surface area contributed by atoms with Crippen molar-refractivity contribution < 1.29 is 4.74 Å². The molecule has 0 bridgehead atoms. The number of rotatable bonds is 1. The summed E-state index contributed by atoms with van der Waals surface area (Å²) >= 11 is 0. The van der Waals surface area contributed by atoms with Crippen LogP contribution in [0.2, 0.25) is 0 Å². The summed E-state index contributed by atoms with van der Waals surface area (Å²) in [6.45, 7) is 6.31. The van der Waals surface area contributed by atoms with Crippen molar-refractivity contribution in [1.29, 1.82) is 0 Å². The first-order valence-electron chi connectivity index (χ1n) is 4.26. The van der Waals surface area contributed by atoms with Gasteiger partial charge in [-0.15, -0.1) is 0 Å². The van der Waals surface area contributed by atoms with Crippen LogP contribution in [0.3, 0.4) is 0 Å². The highest BCUT2D eigenvalue weighted by Gasteiger charge is 2.16. The smallest absolute Gasteiger partial charge is 0.237 e. The normalized spacial score (nSPS) is 11.4. The zero-order valence-corrected chi connectivity index (χ0v) is 8.59. The maximum atomic E-state index is 5.66. The molecule has 1 aromatic heterocycles. The second kappa shape index (κ2) is 3.24. The van der Waals surface area contributed by atoms with Crippen molar-refractivity contribution in [3.8, 4) is 5.88 Å². The molecule has 0 saturated carbocycles. The summed E-state index contributed by atoms with van der Waals surface area (Å²) in [5, 5.41) is 0. The van der Waals surface area contributed by atoms with Gasteiger partial charge in [0.05, 0.1) is 12.8 Å². The van der Waals surface area contributed by atoms with Gasteiger partial charge in [0.2, 0.25) is 5.88 Å². The lowest BCUT2D eigenvalue weighted by Gasteiger charge is -2.18. The monoisotopic (exact) mass is 180 g/mol. The van der Waals surface area contributed by atoms with E-state index in [1.54, 1.807) is 7.11 Å². The van der Waals surface area contributed by atoms with Gasteiger partial charge in [0.25, 0.3) is 0 Å². The molecule has 0 aliphatic heterocycles. The molecular weight excluding hydrogens is 164 g/mol. The van der Waals surface area contributed by atoms with E-state index >= 15 is 0 Å². The van der Waals surface area contributed by atoms with Crippen LogP contribution >= 0.6 is 0 Å². The number of nitrogens with two attached hydrogens (primary N) is 1. The summed E-state index contributed by atoms with van der Waals surface area (Å²) in [6, 6.07) is 3.75. The molecule has 0 spiro atoms. The molecule has 3 heteroatoms. The maximum absolute atomic E-state index is 5.66. The molecule has 1 aromatic rings. The average Bonchev–Trinajstić information content (AvgIpc) is 2.03. The van der Waals surface area contributed by atoms with E-state index in [1.165, 1.54) is 0 Å². The van der Waals surface area contributed by atoms with Gasteiger partial charge in [-0.25, -0.2) is 4.98 Å². The fraction of sp³-hybridized carbons (Fsp3) is 0.500. The van der Waals surface area contributed by atoms with Crippen LogP contribution < -0.4 is 10.5 Å². The summed E-state index contributed by atoms with van der Waals surface area (Å²) < 4.78 is 5.04. The van der Waals surface area contributed by atoms with E-state index in [-0.39, 0.29) is 5.41 Å². The van der Waals surface area contributed by atoms with Crippen LogP contribution in [0.15, 0.2) is 12.1 Å². The highest BCUT2D eigenvalue weighted by molar-refractivity contribution is 5.48. The number of nitrogen functional groups attached to an aromatic ring is 1. The van der Waals surface area contributed by atoms with Crippen LogP contribution in [-0.4, -0.2) is 12.1 Å². The molecule has 0 aliphatic carbocycles. The topological polar surface area (TPSA) is 48.1 Å². The predicted octanol–water partition coefficient (Wildman–Crippen LogP) is 1.97. The summed E-state index contributed by atoms with van der Waals surface area (Å²) in [5.74, 6) is 0.507. The molecule has 1 heterocycles. The number of pyridine rings is 1. The van der Waals surface area contributed by atoms with Crippen molar-refractivity contribution in [2.24, 2.45) is 0 Å². The van der Waals surface area contributed by atoms with E-state index in [2.05, 4.69) is 25.8 Å². The lowest BCUT2D eigenvalue weighted by Crippen LogP contribution is -2.14. The van der Waals surface area contributed by atoms with Crippen LogP contribution in [0.1, 0.15) is 26.5 Å². The van der Waals surface area contributed by atoms with E-state index in [4.69, 9.17) is 10.5 Å². The van der Waals surface area contributed by atoms with Crippen LogP contribution in [0.5, 0.6) is 5.88 Å². The van der Waals surface area contributed by atoms with E-state index in [0.29, 0.717) is 11.6 Å². The minimum atomic E-state index is 0.0288. The van der Waals surface area contributed by atoms with Crippen molar-refractivity contribution in [3.63, 3.8) is 0 Å². The summed E-state index contributed by atoms with van der Waals surface area (Å²) in [7, 11) is 1.57. The average molecular weight is 180 g/mol. The Hall–Kier alpha value is -1.25. The first kappa shape index (κ1) is 9.84. The van der Waals surface area contributed by atoms with Gasteiger partial charge in [0.15, 0.2) is 0 Å². The van der Waals surface area contributed by atoms with E-state index in [0.717, 1.165) is 5.69 Å². The molecule has 2 N–H and O–H groups in total. The molecule has 0 amide bonds. The molecule has 3 nitrogen and oxygen atoms in total. The Morgan fingerprint density at radius 1 is 1.31 bits per heavy atom. The summed E-state index contributed by atoms with van der Waals surface area (Å²) in [6.07, 6.45) is 0. The van der Waals surface area contributed by atoms with Gasteiger partial charge >= 0.3 is 0 Å². The minimum absolute atomic E-state index is 0.0288. The second-order valence-electron chi connectivity index (χ2n) is 4.04. The lowest BCUT2D eigenvalue weighted by atomic mass is 9.92. The zero-order chi connectivity index (χ0) is 10.1. The molecule has 0 aliphatic rings. The molecule has 72 valence electrons. The number of methoxy groups -OCH3 is 1. The van der Waals surface area contributed by atoms with Gasteiger partial charge in [0.1, 0.15) is 0 Å². The predicted molar refractivity (Wildman–Crippen MR) is 53.9 cm³/mol. The molecule has 1 rings (SSSR count). The van der Waals surface area contributed by atoms with Crippen molar-refractivity contribution >= 4 is 5.69 Å².